The molecule has 0 aliphatic carbocycles. The average Bonchev–Trinajstić information content (AvgIpc) is 2.15. The molecule has 1 saturated heterocycles. The van der Waals surface area contributed by atoms with Gasteiger partial charge in [0.15, 0.2) is 6.29 Å². The molecule has 5 heteroatoms. The standard InChI is InChI=1S/C8H16O5/c1-4-6(10)7(11)5(3-9)13-8(4)12-2/h4-11H,3H2,1-2H3/t4?,5?,6-,7+,8+/m1/s1. The van der Waals surface area contributed by atoms with Gasteiger partial charge in [0.1, 0.15) is 12.2 Å². The molecule has 5 nitrogen and oxygen atoms in total. The molecule has 1 rings (SSSR count). The fourth-order valence-corrected chi connectivity index (χ4v) is 1.49. The number of aliphatic hydroxyl groups excluding tert-OH is 3. The zero-order valence-corrected chi connectivity index (χ0v) is 7.75. The van der Waals surface area contributed by atoms with Crippen LogP contribution in [0.4, 0.5) is 0 Å². The molecule has 0 aromatic carbocycles. The predicted octanol–water partition coefficient (Wildman–Crippen LogP) is -1.29. The highest BCUT2D eigenvalue weighted by Gasteiger charge is 2.41. The van der Waals surface area contributed by atoms with Gasteiger partial charge >= 0.3 is 0 Å². The fourth-order valence-electron chi connectivity index (χ4n) is 1.49. The molecule has 5 atom stereocenters. The van der Waals surface area contributed by atoms with Gasteiger partial charge in [0.05, 0.1) is 12.7 Å². The lowest BCUT2D eigenvalue weighted by atomic mass is 9.93. The third-order valence-electron chi connectivity index (χ3n) is 2.42. The van der Waals surface area contributed by atoms with E-state index in [1.54, 1.807) is 6.92 Å². The zero-order valence-electron chi connectivity index (χ0n) is 7.75. The smallest absolute Gasteiger partial charge is 0.162 e. The Morgan fingerprint density at radius 2 is 1.92 bits per heavy atom. The molecule has 1 heterocycles. The third kappa shape index (κ3) is 2.00. The molecule has 0 radical (unpaired) electrons. The van der Waals surface area contributed by atoms with Crippen LogP contribution in [0.2, 0.25) is 0 Å². The minimum Gasteiger partial charge on any atom is -0.394 e. The molecule has 3 N–H and O–H groups in total. The van der Waals surface area contributed by atoms with E-state index in [0.29, 0.717) is 0 Å². The van der Waals surface area contributed by atoms with Gasteiger partial charge in [0.25, 0.3) is 0 Å². The summed E-state index contributed by atoms with van der Waals surface area (Å²) in [5.41, 5.74) is 0. The van der Waals surface area contributed by atoms with E-state index in [1.165, 1.54) is 7.11 Å². The Kier molecular flexibility index (Phi) is 3.63. The topological polar surface area (TPSA) is 79.2 Å². The van der Waals surface area contributed by atoms with Crippen molar-refractivity contribution in [2.75, 3.05) is 13.7 Å². The van der Waals surface area contributed by atoms with Crippen LogP contribution < -0.4 is 0 Å². The van der Waals surface area contributed by atoms with E-state index < -0.39 is 24.6 Å². The maximum absolute atomic E-state index is 9.53. The Bertz CT molecular complexity index is 143. The van der Waals surface area contributed by atoms with E-state index in [2.05, 4.69) is 0 Å². The van der Waals surface area contributed by atoms with Gasteiger partial charge in [-0.3, -0.25) is 0 Å². The number of ether oxygens (including phenoxy) is 2. The van der Waals surface area contributed by atoms with Crippen LogP contribution >= 0.6 is 0 Å². The highest BCUT2D eigenvalue weighted by Crippen LogP contribution is 2.25. The Hall–Kier alpha value is -0.200. The van der Waals surface area contributed by atoms with Gasteiger partial charge in [-0.2, -0.15) is 0 Å². The Labute approximate surface area is 76.9 Å². The second-order valence-corrected chi connectivity index (χ2v) is 3.30. The number of aliphatic hydroxyl groups is 3. The fraction of sp³-hybridized carbons (Fsp3) is 1.00. The Balaban J connectivity index is 2.66. The van der Waals surface area contributed by atoms with Crippen molar-refractivity contribution in [1.29, 1.82) is 0 Å². The second-order valence-electron chi connectivity index (χ2n) is 3.30. The molecule has 13 heavy (non-hydrogen) atoms. The Morgan fingerprint density at radius 3 is 2.38 bits per heavy atom. The largest absolute Gasteiger partial charge is 0.394 e. The predicted molar refractivity (Wildman–Crippen MR) is 43.9 cm³/mol. The van der Waals surface area contributed by atoms with Crippen LogP contribution in [-0.4, -0.2) is 53.6 Å². The maximum Gasteiger partial charge on any atom is 0.162 e. The van der Waals surface area contributed by atoms with Crippen molar-refractivity contribution < 1.29 is 24.8 Å². The van der Waals surface area contributed by atoms with Crippen molar-refractivity contribution >= 4 is 0 Å². The van der Waals surface area contributed by atoms with Crippen LogP contribution in [0.25, 0.3) is 0 Å². The first-order chi connectivity index (χ1) is 6.11. The molecule has 0 aromatic heterocycles. The SMILES string of the molecule is CO[C@H]1OC(CO)[C@H](O)[C@H](O)C1C. The first kappa shape index (κ1) is 10.9. The number of hydrogen-bond acceptors (Lipinski definition) is 5. The third-order valence-corrected chi connectivity index (χ3v) is 2.42. The molecule has 2 unspecified atom stereocenters. The average molecular weight is 192 g/mol. The lowest BCUT2D eigenvalue weighted by Gasteiger charge is -2.40. The monoisotopic (exact) mass is 192 g/mol. The maximum atomic E-state index is 9.53. The second kappa shape index (κ2) is 4.34. The van der Waals surface area contributed by atoms with Crippen molar-refractivity contribution in [3.8, 4) is 0 Å². The molecule has 1 aliphatic heterocycles. The first-order valence-corrected chi connectivity index (χ1v) is 4.27. The number of methoxy groups -OCH3 is 1. The summed E-state index contributed by atoms with van der Waals surface area (Å²) >= 11 is 0. The highest BCUT2D eigenvalue weighted by atomic mass is 16.7. The molecule has 0 bridgehead atoms. The molecule has 0 saturated carbocycles. The quantitative estimate of drug-likeness (QED) is 0.507. The molecular formula is C8H16O5. The first-order valence-electron chi connectivity index (χ1n) is 4.27. The van der Waals surface area contributed by atoms with Crippen molar-refractivity contribution in [2.45, 2.75) is 31.5 Å². The summed E-state index contributed by atoms with van der Waals surface area (Å²) in [5.74, 6) is -0.303. The van der Waals surface area contributed by atoms with Crippen LogP contribution in [0.1, 0.15) is 6.92 Å². The van der Waals surface area contributed by atoms with Crippen LogP contribution in [0, 0.1) is 5.92 Å². The van der Waals surface area contributed by atoms with Gasteiger partial charge in [-0.1, -0.05) is 6.92 Å². The van der Waals surface area contributed by atoms with Crippen molar-refractivity contribution in [1.82, 2.24) is 0 Å². The molecular weight excluding hydrogens is 176 g/mol. The highest BCUT2D eigenvalue weighted by molar-refractivity contribution is 4.86. The number of rotatable bonds is 2. The van der Waals surface area contributed by atoms with Gasteiger partial charge in [0, 0.05) is 13.0 Å². The van der Waals surface area contributed by atoms with Gasteiger partial charge in [-0.15, -0.1) is 0 Å². The van der Waals surface area contributed by atoms with E-state index in [1.807, 2.05) is 0 Å². The summed E-state index contributed by atoms with van der Waals surface area (Å²) in [7, 11) is 1.46. The number of hydrogen-bond donors (Lipinski definition) is 3. The summed E-state index contributed by atoms with van der Waals surface area (Å²) in [4.78, 5) is 0. The van der Waals surface area contributed by atoms with Crippen LogP contribution in [0.5, 0.6) is 0 Å². The summed E-state index contributed by atoms with van der Waals surface area (Å²) in [6.07, 6.45) is -3.31. The zero-order chi connectivity index (χ0) is 10.0. The van der Waals surface area contributed by atoms with E-state index in [4.69, 9.17) is 14.6 Å². The van der Waals surface area contributed by atoms with E-state index in [-0.39, 0.29) is 12.5 Å². The van der Waals surface area contributed by atoms with Crippen molar-refractivity contribution in [2.24, 2.45) is 5.92 Å². The summed E-state index contributed by atoms with van der Waals surface area (Å²) < 4.78 is 10.1. The molecule has 1 fully saturated rings. The molecule has 78 valence electrons. The Morgan fingerprint density at radius 1 is 1.31 bits per heavy atom. The summed E-state index contributed by atoms with van der Waals surface area (Å²) in [6, 6.07) is 0. The van der Waals surface area contributed by atoms with Crippen molar-refractivity contribution in [3.05, 3.63) is 0 Å². The van der Waals surface area contributed by atoms with Crippen LogP contribution in [0.15, 0.2) is 0 Å². The van der Waals surface area contributed by atoms with E-state index in [0.717, 1.165) is 0 Å². The van der Waals surface area contributed by atoms with Gasteiger partial charge < -0.3 is 24.8 Å². The minimum atomic E-state index is -1.05. The molecule has 0 aromatic rings. The summed E-state index contributed by atoms with van der Waals surface area (Å²) in [6.45, 7) is 1.39. The van der Waals surface area contributed by atoms with E-state index >= 15 is 0 Å². The normalized spacial score (nSPS) is 46.4. The minimum absolute atomic E-state index is 0.303. The summed E-state index contributed by atoms with van der Waals surface area (Å²) in [5, 5.41) is 27.8. The lowest BCUT2D eigenvalue weighted by molar-refractivity contribution is -0.274. The van der Waals surface area contributed by atoms with Crippen molar-refractivity contribution in [3.63, 3.8) is 0 Å². The van der Waals surface area contributed by atoms with Gasteiger partial charge in [-0.05, 0) is 0 Å². The van der Waals surface area contributed by atoms with Gasteiger partial charge in [-0.25, -0.2) is 0 Å². The van der Waals surface area contributed by atoms with Gasteiger partial charge in [0.2, 0.25) is 0 Å². The van der Waals surface area contributed by atoms with E-state index in [9.17, 15) is 10.2 Å². The molecule has 0 amide bonds. The van der Waals surface area contributed by atoms with Crippen LogP contribution in [0.3, 0.4) is 0 Å². The molecule has 1 aliphatic rings. The van der Waals surface area contributed by atoms with Crippen LogP contribution in [-0.2, 0) is 9.47 Å². The lowest BCUT2D eigenvalue weighted by Crippen LogP contribution is -2.55. The molecule has 0 spiro atoms.